The zero-order valence-corrected chi connectivity index (χ0v) is 19.5. The average Bonchev–Trinajstić information content (AvgIpc) is 3.40. The van der Waals surface area contributed by atoms with Crippen LogP contribution in [0, 0.1) is 11.6 Å². The molecule has 1 aromatic heterocycles. The number of ether oxygens (including phenoxy) is 2. The van der Waals surface area contributed by atoms with Crippen molar-refractivity contribution in [3.8, 4) is 17.2 Å². The van der Waals surface area contributed by atoms with E-state index in [1.165, 1.54) is 24.3 Å². The third-order valence-corrected chi connectivity index (χ3v) is 6.46. The Balaban J connectivity index is 1.46. The van der Waals surface area contributed by atoms with Gasteiger partial charge in [0.25, 0.3) is 0 Å². The molecule has 3 aromatic carbocycles. The summed E-state index contributed by atoms with van der Waals surface area (Å²) in [5.41, 5.74) is -0.0335. The first-order chi connectivity index (χ1) is 17.2. The molecule has 5 rings (SSSR count). The number of nitrogens with zero attached hydrogens (tertiary/aromatic N) is 3. The number of thioether (sulfide) groups is 1. The lowest BCUT2D eigenvalue weighted by Crippen LogP contribution is -2.11. The van der Waals surface area contributed by atoms with Crippen molar-refractivity contribution in [2.45, 2.75) is 36.7 Å². The normalized spacial score (nSPS) is 14.9. The minimum atomic E-state index is -4.80. The molecule has 0 bridgehead atoms. The molecular weight excluding hydrogens is 501 g/mol. The maximum atomic E-state index is 14.5. The summed E-state index contributed by atoms with van der Waals surface area (Å²) in [6, 6.07) is 14.3. The average molecular weight is 519 g/mol. The van der Waals surface area contributed by atoms with Gasteiger partial charge in [0.15, 0.2) is 16.7 Å². The molecule has 11 heteroatoms. The molecule has 0 saturated carbocycles. The molecule has 1 unspecified atom stereocenters. The standard InChI is InChI=1S/C25H18F5N3O2S/c1-14-34-20-10-5-15(11-21(20)35-14)12-22-31-32-24(33(22)18-8-6-17(26)7-9-18)36-13-16-3-2-4-19(23(16)27)25(28,29)30/h2-11,14H,12-13H2,1H3. The second-order valence-electron chi connectivity index (χ2n) is 8.04. The largest absolute Gasteiger partial charge is 0.451 e. The molecule has 0 spiro atoms. The van der Waals surface area contributed by atoms with Crippen LogP contribution in [0.25, 0.3) is 5.69 Å². The van der Waals surface area contributed by atoms with Crippen molar-refractivity contribution in [3.63, 3.8) is 0 Å². The van der Waals surface area contributed by atoms with Crippen molar-refractivity contribution in [1.82, 2.24) is 14.8 Å². The quantitative estimate of drug-likeness (QED) is 0.213. The van der Waals surface area contributed by atoms with Gasteiger partial charge in [0.2, 0.25) is 6.29 Å². The van der Waals surface area contributed by atoms with E-state index < -0.39 is 29.7 Å². The van der Waals surface area contributed by atoms with Crippen molar-refractivity contribution >= 4 is 11.8 Å². The lowest BCUT2D eigenvalue weighted by molar-refractivity contribution is -0.140. The Bertz CT molecular complexity index is 1410. The molecule has 1 aliphatic rings. The van der Waals surface area contributed by atoms with Gasteiger partial charge in [0.05, 0.1) is 5.56 Å². The van der Waals surface area contributed by atoms with Gasteiger partial charge in [-0.2, -0.15) is 13.2 Å². The molecule has 5 nitrogen and oxygen atoms in total. The van der Waals surface area contributed by atoms with Crippen LogP contribution in [0.5, 0.6) is 11.5 Å². The first-order valence-corrected chi connectivity index (χ1v) is 11.8. The van der Waals surface area contributed by atoms with Gasteiger partial charge in [-0.25, -0.2) is 8.78 Å². The van der Waals surface area contributed by atoms with E-state index in [9.17, 15) is 22.0 Å². The van der Waals surface area contributed by atoms with Crippen molar-refractivity contribution in [1.29, 1.82) is 0 Å². The van der Waals surface area contributed by atoms with Gasteiger partial charge in [0, 0.05) is 24.8 Å². The van der Waals surface area contributed by atoms with Crippen LogP contribution in [0.3, 0.4) is 0 Å². The van der Waals surface area contributed by atoms with E-state index in [0.717, 1.165) is 17.3 Å². The maximum Gasteiger partial charge on any atom is 0.419 e. The van der Waals surface area contributed by atoms with Crippen LogP contribution >= 0.6 is 11.8 Å². The molecule has 36 heavy (non-hydrogen) atoms. The summed E-state index contributed by atoms with van der Waals surface area (Å²) in [4.78, 5) is 0. The van der Waals surface area contributed by atoms with Crippen LogP contribution in [0.4, 0.5) is 22.0 Å². The highest BCUT2D eigenvalue weighted by molar-refractivity contribution is 7.98. The SMILES string of the molecule is CC1Oc2ccc(Cc3nnc(SCc4cccc(C(F)(F)F)c4F)n3-c3ccc(F)cc3)cc2O1. The van der Waals surface area contributed by atoms with E-state index in [4.69, 9.17) is 9.47 Å². The molecule has 0 N–H and O–H groups in total. The molecule has 4 aromatic rings. The van der Waals surface area contributed by atoms with Crippen molar-refractivity contribution < 1.29 is 31.4 Å². The summed E-state index contributed by atoms with van der Waals surface area (Å²) >= 11 is 1.03. The summed E-state index contributed by atoms with van der Waals surface area (Å²) in [5.74, 6) is -0.135. The van der Waals surface area contributed by atoms with Crippen LogP contribution in [-0.2, 0) is 18.3 Å². The predicted octanol–water partition coefficient (Wildman–Crippen LogP) is 6.56. The summed E-state index contributed by atoms with van der Waals surface area (Å²) < 4.78 is 80.3. The number of alkyl halides is 3. The first kappa shape index (κ1) is 24.1. The molecule has 186 valence electrons. The number of benzene rings is 3. The highest BCUT2D eigenvalue weighted by atomic mass is 32.2. The van der Waals surface area contributed by atoms with Crippen molar-refractivity contribution in [2.24, 2.45) is 0 Å². The molecular formula is C25H18F5N3O2S. The fraction of sp³-hybridized carbons (Fsp3) is 0.200. The Morgan fingerprint density at radius 3 is 2.44 bits per heavy atom. The van der Waals surface area contributed by atoms with Crippen molar-refractivity contribution in [2.75, 3.05) is 0 Å². The Morgan fingerprint density at radius 2 is 1.69 bits per heavy atom. The Morgan fingerprint density at radius 1 is 0.944 bits per heavy atom. The number of halogens is 5. The minimum absolute atomic E-state index is 0.114. The lowest BCUT2D eigenvalue weighted by atomic mass is 10.1. The van der Waals surface area contributed by atoms with Crippen LogP contribution in [0.1, 0.15) is 29.4 Å². The van der Waals surface area contributed by atoms with Crippen LogP contribution in [0.2, 0.25) is 0 Å². The van der Waals surface area contributed by atoms with Gasteiger partial charge in [-0.15, -0.1) is 10.2 Å². The van der Waals surface area contributed by atoms with E-state index in [1.807, 2.05) is 12.1 Å². The summed E-state index contributed by atoms with van der Waals surface area (Å²) in [6.07, 6.45) is -4.86. The summed E-state index contributed by atoms with van der Waals surface area (Å²) in [7, 11) is 0. The zero-order chi connectivity index (χ0) is 25.4. The lowest BCUT2D eigenvalue weighted by Gasteiger charge is -2.12. The summed E-state index contributed by atoms with van der Waals surface area (Å²) in [5, 5.41) is 8.78. The third-order valence-electron chi connectivity index (χ3n) is 5.48. The number of hydrogen-bond donors (Lipinski definition) is 0. The van der Waals surface area contributed by atoms with Crippen LogP contribution in [0.15, 0.2) is 65.8 Å². The number of aromatic nitrogens is 3. The zero-order valence-electron chi connectivity index (χ0n) is 18.7. The monoisotopic (exact) mass is 519 g/mol. The Hall–Kier alpha value is -3.60. The fourth-order valence-corrected chi connectivity index (χ4v) is 4.77. The van der Waals surface area contributed by atoms with Gasteiger partial charge in [-0.3, -0.25) is 4.57 Å². The minimum Gasteiger partial charge on any atom is -0.451 e. The summed E-state index contributed by atoms with van der Waals surface area (Å²) in [6.45, 7) is 1.78. The highest BCUT2D eigenvalue weighted by Crippen LogP contribution is 2.37. The maximum absolute atomic E-state index is 14.5. The van der Waals surface area contributed by atoms with E-state index in [1.54, 1.807) is 29.7 Å². The van der Waals surface area contributed by atoms with Crippen LogP contribution < -0.4 is 9.47 Å². The third kappa shape index (κ3) is 4.88. The molecule has 0 aliphatic carbocycles. The fourth-order valence-electron chi connectivity index (χ4n) is 3.83. The molecule has 1 aliphatic heterocycles. The van der Waals surface area contributed by atoms with Crippen LogP contribution in [-0.4, -0.2) is 21.1 Å². The Kier molecular flexibility index (Phi) is 6.33. The molecule has 0 radical (unpaired) electrons. The molecule has 0 saturated heterocycles. The molecule has 1 atom stereocenters. The number of rotatable bonds is 6. The van der Waals surface area contributed by atoms with Gasteiger partial charge in [-0.05, 0) is 53.6 Å². The predicted molar refractivity (Wildman–Crippen MR) is 122 cm³/mol. The second kappa shape index (κ2) is 9.45. The molecule has 0 amide bonds. The van der Waals surface area contributed by atoms with Crippen molar-refractivity contribution in [3.05, 3.63) is 94.8 Å². The first-order valence-electron chi connectivity index (χ1n) is 10.8. The number of hydrogen-bond acceptors (Lipinski definition) is 5. The molecule has 2 heterocycles. The number of fused-ring (bicyclic) bond motifs is 1. The van der Waals surface area contributed by atoms with E-state index >= 15 is 0 Å². The smallest absolute Gasteiger partial charge is 0.419 e. The second-order valence-corrected chi connectivity index (χ2v) is 8.98. The highest BCUT2D eigenvalue weighted by Gasteiger charge is 2.34. The Labute approximate surface area is 206 Å². The topological polar surface area (TPSA) is 49.2 Å². The van der Waals surface area contributed by atoms with Gasteiger partial charge >= 0.3 is 6.18 Å². The van der Waals surface area contributed by atoms with Gasteiger partial charge in [-0.1, -0.05) is 30.0 Å². The van der Waals surface area contributed by atoms with Gasteiger partial charge < -0.3 is 9.47 Å². The van der Waals surface area contributed by atoms with E-state index in [0.29, 0.717) is 40.7 Å². The van der Waals surface area contributed by atoms with E-state index in [-0.39, 0.29) is 11.3 Å². The van der Waals surface area contributed by atoms with Gasteiger partial charge in [0.1, 0.15) is 17.5 Å². The molecule has 0 fully saturated rings. The van der Waals surface area contributed by atoms with E-state index in [2.05, 4.69) is 10.2 Å².